The molecule has 0 unspecified atom stereocenters. The maximum absolute atomic E-state index is 5.36. The van der Waals surface area contributed by atoms with Crippen molar-refractivity contribution in [2.75, 3.05) is 0 Å². The van der Waals surface area contributed by atoms with Crippen LogP contribution in [-0.4, -0.2) is 19.5 Å². The van der Waals surface area contributed by atoms with Crippen molar-refractivity contribution >= 4 is 0 Å². The summed E-state index contributed by atoms with van der Waals surface area (Å²) in [6, 6.07) is 50.0. The second-order valence-corrected chi connectivity index (χ2v) is 10.0. The Morgan fingerprint density at radius 2 is 0.976 bits per heavy atom. The zero-order valence-corrected chi connectivity index (χ0v) is 22.7. The van der Waals surface area contributed by atoms with Crippen LogP contribution in [0.1, 0.15) is 5.56 Å². The van der Waals surface area contributed by atoms with Crippen LogP contribution in [0.3, 0.4) is 0 Å². The minimum Gasteiger partial charge on any atom is -0.335 e. The molecular formula is C37H28N4. The Labute approximate surface area is 239 Å². The molecule has 0 fully saturated rings. The molecular weight excluding hydrogens is 500 g/mol. The van der Waals surface area contributed by atoms with Crippen LogP contribution in [0.15, 0.2) is 146 Å². The first-order valence-corrected chi connectivity index (χ1v) is 13.8. The molecule has 2 aromatic heterocycles. The van der Waals surface area contributed by atoms with Crippen LogP contribution in [0.5, 0.6) is 0 Å². The van der Waals surface area contributed by atoms with Crippen molar-refractivity contribution in [3.63, 3.8) is 0 Å². The smallest absolute Gasteiger partial charge is 0.182 e. The van der Waals surface area contributed by atoms with E-state index >= 15 is 0 Å². The predicted molar refractivity (Wildman–Crippen MR) is 168 cm³/mol. The second kappa shape index (κ2) is 10.6. The minimum absolute atomic E-state index is 0.713. The molecule has 0 aliphatic rings. The van der Waals surface area contributed by atoms with Gasteiger partial charge in [-0.25, -0.2) is 9.97 Å². The Kier molecular flexibility index (Phi) is 6.34. The second-order valence-electron chi connectivity index (χ2n) is 10.0. The average molecular weight is 529 g/mol. The van der Waals surface area contributed by atoms with Crippen LogP contribution in [0.25, 0.3) is 62.4 Å². The maximum atomic E-state index is 5.36. The van der Waals surface area contributed by atoms with Gasteiger partial charge in [0.15, 0.2) is 11.6 Å². The first kappa shape index (κ1) is 24.6. The zero-order valence-electron chi connectivity index (χ0n) is 22.7. The number of aromatic amines is 1. The van der Waals surface area contributed by atoms with E-state index in [-0.39, 0.29) is 0 Å². The summed E-state index contributed by atoms with van der Waals surface area (Å²) in [5.41, 5.74) is 10.3. The van der Waals surface area contributed by atoms with E-state index in [1.165, 1.54) is 0 Å². The number of nitrogens with zero attached hydrogens (tertiary/aromatic N) is 3. The van der Waals surface area contributed by atoms with Gasteiger partial charge in [0.1, 0.15) is 0 Å². The molecule has 41 heavy (non-hydrogen) atoms. The van der Waals surface area contributed by atoms with Crippen molar-refractivity contribution < 1.29 is 0 Å². The molecule has 7 rings (SSSR count). The molecule has 0 aliphatic carbocycles. The summed E-state index contributed by atoms with van der Waals surface area (Å²) >= 11 is 0. The van der Waals surface area contributed by atoms with E-state index in [1.807, 2.05) is 36.4 Å². The number of para-hydroxylation sites is 1. The lowest BCUT2D eigenvalue weighted by atomic mass is 10.0. The molecule has 0 aliphatic heterocycles. The molecule has 0 saturated carbocycles. The zero-order chi connectivity index (χ0) is 27.6. The molecule has 5 aromatic carbocycles. The lowest BCUT2D eigenvalue weighted by Gasteiger charge is -2.15. The maximum Gasteiger partial charge on any atom is 0.182 e. The van der Waals surface area contributed by atoms with Crippen LogP contribution in [0.4, 0.5) is 0 Å². The topological polar surface area (TPSA) is 46.5 Å². The number of aromatic nitrogens is 4. The van der Waals surface area contributed by atoms with Gasteiger partial charge in [-0.05, 0) is 18.6 Å². The highest BCUT2D eigenvalue weighted by Crippen LogP contribution is 2.40. The Hall–Kier alpha value is -5.48. The summed E-state index contributed by atoms with van der Waals surface area (Å²) < 4.78 is 2.26. The third kappa shape index (κ3) is 4.56. The van der Waals surface area contributed by atoms with Crippen molar-refractivity contribution in [3.05, 3.63) is 151 Å². The number of aryl methyl sites for hydroxylation is 1. The Bertz CT molecular complexity index is 1860. The molecule has 0 amide bonds. The lowest BCUT2D eigenvalue weighted by Crippen LogP contribution is -2.03. The van der Waals surface area contributed by atoms with Crippen molar-refractivity contribution in [1.82, 2.24) is 19.5 Å². The van der Waals surface area contributed by atoms with Crippen molar-refractivity contribution in [2.24, 2.45) is 0 Å². The highest BCUT2D eigenvalue weighted by atomic mass is 15.1. The predicted octanol–water partition coefficient (Wildman–Crippen LogP) is 9.24. The fraction of sp³-hybridized carbons (Fsp3) is 0.0270. The highest BCUT2D eigenvalue weighted by Gasteiger charge is 2.26. The van der Waals surface area contributed by atoms with Crippen LogP contribution in [0, 0.1) is 6.92 Å². The molecule has 4 heteroatoms. The molecule has 7 aromatic rings. The SMILES string of the molecule is Cc1ccccc1-n1c(-c2nc(-c3ccccc3)c(-c3ccccc3)[nH]2)nc(-c2ccccc2)c1-c1ccccc1. The number of rotatable bonds is 6. The lowest BCUT2D eigenvalue weighted by molar-refractivity contribution is 1.03. The van der Waals surface area contributed by atoms with Crippen LogP contribution >= 0.6 is 0 Å². The van der Waals surface area contributed by atoms with Gasteiger partial charge in [-0.15, -0.1) is 0 Å². The number of hydrogen-bond acceptors (Lipinski definition) is 2. The molecule has 4 nitrogen and oxygen atoms in total. The Morgan fingerprint density at radius 3 is 1.56 bits per heavy atom. The number of hydrogen-bond donors (Lipinski definition) is 1. The van der Waals surface area contributed by atoms with Gasteiger partial charge < -0.3 is 4.98 Å². The van der Waals surface area contributed by atoms with Crippen molar-refractivity contribution in [3.8, 4) is 62.4 Å². The molecule has 1 N–H and O–H groups in total. The van der Waals surface area contributed by atoms with Gasteiger partial charge >= 0.3 is 0 Å². The largest absolute Gasteiger partial charge is 0.335 e. The van der Waals surface area contributed by atoms with E-state index in [4.69, 9.17) is 9.97 Å². The Morgan fingerprint density at radius 1 is 0.488 bits per heavy atom. The molecule has 0 radical (unpaired) electrons. The van der Waals surface area contributed by atoms with E-state index < -0.39 is 0 Å². The monoisotopic (exact) mass is 528 g/mol. The fourth-order valence-electron chi connectivity index (χ4n) is 5.39. The molecule has 0 spiro atoms. The first-order chi connectivity index (χ1) is 20.3. The van der Waals surface area contributed by atoms with E-state index in [1.54, 1.807) is 0 Å². The summed E-state index contributed by atoms with van der Waals surface area (Å²) in [5.74, 6) is 1.47. The summed E-state index contributed by atoms with van der Waals surface area (Å²) in [5, 5.41) is 0. The van der Waals surface area contributed by atoms with Gasteiger partial charge in [0.2, 0.25) is 0 Å². The van der Waals surface area contributed by atoms with Crippen LogP contribution < -0.4 is 0 Å². The molecule has 0 bridgehead atoms. The average Bonchev–Trinajstić information content (AvgIpc) is 3.66. The fourth-order valence-corrected chi connectivity index (χ4v) is 5.39. The standard InChI is InChI=1S/C37H28N4/c1-26-16-14-15-25-31(26)41-35(30-23-12-5-13-24-30)34(29-21-10-4-11-22-29)40-37(41)36-38-32(27-17-6-2-7-18-27)33(39-36)28-19-8-3-9-20-28/h2-25H,1H3,(H,38,39). The van der Waals surface area contributed by atoms with E-state index in [0.29, 0.717) is 5.82 Å². The van der Waals surface area contributed by atoms with Gasteiger partial charge in [-0.1, -0.05) is 140 Å². The number of benzene rings is 5. The first-order valence-electron chi connectivity index (χ1n) is 13.8. The van der Waals surface area contributed by atoms with Crippen molar-refractivity contribution in [1.29, 1.82) is 0 Å². The minimum atomic E-state index is 0.713. The van der Waals surface area contributed by atoms with Crippen LogP contribution in [0.2, 0.25) is 0 Å². The highest BCUT2D eigenvalue weighted by molar-refractivity contribution is 5.85. The van der Waals surface area contributed by atoms with Crippen LogP contribution in [-0.2, 0) is 0 Å². The molecule has 2 heterocycles. The quantitative estimate of drug-likeness (QED) is 0.234. The van der Waals surface area contributed by atoms with E-state index in [0.717, 1.165) is 62.1 Å². The Balaban J connectivity index is 1.57. The number of H-pyrrole nitrogens is 1. The van der Waals surface area contributed by atoms with Gasteiger partial charge in [0.05, 0.1) is 28.5 Å². The van der Waals surface area contributed by atoms with Crippen molar-refractivity contribution in [2.45, 2.75) is 6.92 Å². The van der Waals surface area contributed by atoms with Gasteiger partial charge in [-0.3, -0.25) is 4.57 Å². The molecule has 0 saturated heterocycles. The number of imidazole rings is 2. The van der Waals surface area contributed by atoms with E-state index in [2.05, 4.69) is 126 Å². The summed E-state index contributed by atoms with van der Waals surface area (Å²) in [6.07, 6.45) is 0. The third-order valence-electron chi connectivity index (χ3n) is 7.35. The van der Waals surface area contributed by atoms with Gasteiger partial charge in [-0.2, -0.15) is 0 Å². The van der Waals surface area contributed by atoms with E-state index in [9.17, 15) is 0 Å². The summed E-state index contributed by atoms with van der Waals surface area (Å²) in [4.78, 5) is 14.3. The normalized spacial score (nSPS) is 11.0. The third-order valence-corrected chi connectivity index (χ3v) is 7.35. The number of nitrogens with one attached hydrogen (secondary N) is 1. The molecule has 0 atom stereocenters. The summed E-state index contributed by atoms with van der Waals surface area (Å²) in [6.45, 7) is 2.14. The van der Waals surface area contributed by atoms with Gasteiger partial charge in [0, 0.05) is 22.3 Å². The summed E-state index contributed by atoms with van der Waals surface area (Å²) in [7, 11) is 0. The molecule has 196 valence electrons. The van der Waals surface area contributed by atoms with Gasteiger partial charge in [0.25, 0.3) is 0 Å².